The van der Waals surface area contributed by atoms with Crippen molar-refractivity contribution < 1.29 is 31.9 Å². The molecule has 1 aliphatic carbocycles. The first kappa shape index (κ1) is 31.1. The van der Waals surface area contributed by atoms with E-state index in [1.54, 1.807) is 18.5 Å². The molecular weight excluding hydrogens is 595 g/mol. The topological polar surface area (TPSA) is 127 Å². The van der Waals surface area contributed by atoms with E-state index in [0.717, 1.165) is 6.26 Å². The molecule has 41 heavy (non-hydrogen) atoms. The predicted octanol–water partition coefficient (Wildman–Crippen LogP) is 4.23. The molecule has 1 unspecified atom stereocenters. The van der Waals surface area contributed by atoms with Crippen LogP contribution in [0.4, 0.5) is 4.39 Å². The number of methoxy groups -OCH3 is 1. The zero-order valence-electron chi connectivity index (χ0n) is 22.9. The Kier molecular flexibility index (Phi) is 10.2. The number of hydrogen-bond donors (Lipinski definition) is 1. The fourth-order valence-electron chi connectivity index (χ4n) is 5.33. The number of sulfonamides is 1. The molecular formula is C27H32ClFN4O6S2. The van der Waals surface area contributed by atoms with Crippen LogP contribution in [-0.2, 0) is 29.1 Å². The lowest BCUT2D eigenvalue weighted by molar-refractivity contribution is -0.143. The van der Waals surface area contributed by atoms with Gasteiger partial charge in [0.15, 0.2) is 10.8 Å². The Morgan fingerprint density at radius 1 is 1.24 bits per heavy atom. The summed E-state index contributed by atoms with van der Waals surface area (Å²) < 4.78 is 50.7. The Balaban J connectivity index is 1.66. The number of carbonyl (C=O) groups excluding carboxylic acids is 2. The van der Waals surface area contributed by atoms with Gasteiger partial charge in [-0.25, -0.2) is 22.6 Å². The third-order valence-corrected chi connectivity index (χ3v) is 9.59. The van der Waals surface area contributed by atoms with Crippen LogP contribution in [0.2, 0.25) is 5.02 Å². The summed E-state index contributed by atoms with van der Waals surface area (Å²) in [5, 5.41) is 5.84. The van der Waals surface area contributed by atoms with E-state index < -0.39 is 33.8 Å². The first-order chi connectivity index (χ1) is 19.5. The highest BCUT2D eigenvalue weighted by Gasteiger charge is 2.39. The second-order valence-electron chi connectivity index (χ2n) is 9.76. The van der Waals surface area contributed by atoms with Gasteiger partial charge in [0.1, 0.15) is 11.9 Å². The summed E-state index contributed by atoms with van der Waals surface area (Å²) in [5.74, 6) is -1.29. The minimum absolute atomic E-state index is 0.0339. The SMILES string of the molecule is CCOC(=O)CCN(C1CCC(C2=C(C(=O)OC)C(c3ccc(F)cc3Cl)N=C(c3nccs3)N2)CC1)S(C)(=O)=O. The van der Waals surface area contributed by atoms with Crippen LogP contribution in [0.1, 0.15) is 55.6 Å². The molecule has 0 bridgehead atoms. The zero-order valence-corrected chi connectivity index (χ0v) is 25.3. The van der Waals surface area contributed by atoms with E-state index in [9.17, 15) is 22.4 Å². The molecule has 2 aliphatic rings. The summed E-state index contributed by atoms with van der Waals surface area (Å²) in [7, 11) is -2.31. The van der Waals surface area contributed by atoms with Gasteiger partial charge < -0.3 is 14.8 Å². The summed E-state index contributed by atoms with van der Waals surface area (Å²) in [6.07, 6.45) is 4.86. The van der Waals surface area contributed by atoms with Crippen LogP contribution in [0.15, 0.2) is 46.0 Å². The number of nitrogens with one attached hydrogen (secondary N) is 1. The van der Waals surface area contributed by atoms with E-state index in [4.69, 9.17) is 26.1 Å². The molecule has 1 aliphatic heterocycles. The average Bonchev–Trinajstić information content (AvgIpc) is 3.47. The summed E-state index contributed by atoms with van der Waals surface area (Å²) in [5.41, 5.74) is 1.29. The van der Waals surface area contributed by atoms with Crippen LogP contribution in [-0.4, -0.2) is 68.0 Å². The molecule has 0 spiro atoms. The highest BCUT2D eigenvalue weighted by Crippen LogP contribution is 2.41. The number of hydrogen-bond acceptors (Lipinski definition) is 10. The van der Waals surface area contributed by atoms with Gasteiger partial charge >= 0.3 is 11.9 Å². The number of rotatable bonds is 10. The minimum atomic E-state index is -3.58. The van der Waals surface area contributed by atoms with E-state index >= 15 is 0 Å². The zero-order chi connectivity index (χ0) is 29.7. The third-order valence-electron chi connectivity index (χ3n) is 7.15. The Bertz CT molecular complexity index is 1440. The molecule has 222 valence electrons. The molecule has 1 aromatic heterocycles. The number of carbonyl (C=O) groups is 2. The van der Waals surface area contributed by atoms with Crippen LogP contribution in [0.5, 0.6) is 0 Å². The fraction of sp³-hybridized carbons (Fsp3) is 0.481. The van der Waals surface area contributed by atoms with Crippen molar-refractivity contribution in [3.8, 4) is 0 Å². The van der Waals surface area contributed by atoms with Crippen molar-refractivity contribution in [1.82, 2.24) is 14.6 Å². The number of esters is 2. The van der Waals surface area contributed by atoms with Crippen LogP contribution < -0.4 is 5.32 Å². The maximum absolute atomic E-state index is 13.9. The van der Waals surface area contributed by atoms with E-state index in [-0.39, 0.29) is 42.1 Å². The van der Waals surface area contributed by atoms with Gasteiger partial charge in [-0.05, 0) is 50.7 Å². The number of allylic oxidation sites excluding steroid dienone is 1. The standard InChI is InChI=1S/C27H32ClFN4O6S2/c1-4-39-21(34)11-13-33(41(3,36)37)18-8-5-16(6-9-18)23-22(27(35)38-2)24(19-10-7-17(29)15-20(19)28)32-25(31-23)26-30-12-14-40-26/h7,10,12,14-16,18,24H,4-6,8-9,11,13H2,1-3H3,(H,31,32). The Hall–Kier alpha value is -2.87. The van der Waals surface area contributed by atoms with E-state index in [1.807, 2.05) is 0 Å². The van der Waals surface area contributed by atoms with E-state index in [2.05, 4.69) is 10.3 Å². The van der Waals surface area contributed by atoms with E-state index in [0.29, 0.717) is 47.8 Å². The highest BCUT2D eigenvalue weighted by molar-refractivity contribution is 7.88. The molecule has 10 nitrogen and oxygen atoms in total. The number of amidine groups is 1. The largest absolute Gasteiger partial charge is 0.466 e. The molecule has 2 aromatic rings. The van der Waals surface area contributed by atoms with Gasteiger partial charge in [0.05, 0.1) is 32.0 Å². The molecule has 14 heteroatoms. The van der Waals surface area contributed by atoms with Crippen molar-refractivity contribution in [2.24, 2.45) is 10.9 Å². The second-order valence-corrected chi connectivity index (χ2v) is 13.0. The lowest BCUT2D eigenvalue weighted by Gasteiger charge is -2.38. The van der Waals surface area contributed by atoms with Crippen molar-refractivity contribution in [1.29, 1.82) is 0 Å². The van der Waals surface area contributed by atoms with Crippen molar-refractivity contribution in [2.45, 2.75) is 51.1 Å². The van der Waals surface area contributed by atoms with Gasteiger partial charge in [0.2, 0.25) is 10.0 Å². The van der Waals surface area contributed by atoms with Crippen molar-refractivity contribution in [2.75, 3.05) is 26.5 Å². The molecule has 1 atom stereocenters. The first-order valence-electron chi connectivity index (χ1n) is 13.2. The molecule has 4 rings (SSSR count). The second kappa shape index (κ2) is 13.4. The predicted molar refractivity (Wildman–Crippen MR) is 154 cm³/mol. The third kappa shape index (κ3) is 7.32. The van der Waals surface area contributed by atoms with Crippen molar-refractivity contribution in [3.63, 3.8) is 0 Å². The Morgan fingerprint density at radius 2 is 1.98 bits per heavy atom. The average molecular weight is 627 g/mol. The monoisotopic (exact) mass is 626 g/mol. The van der Waals surface area contributed by atoms with Gasteiger partial charge in [-0.2, -0.15) is 4.31 Å². The van der Waals surface area contributed by atoms with Crippen LogP contribution in [0.3, 0.4) is 0 Å². The number of nitrogens with zero attached hydrogens (tertiary/aromatic N) is 3. The van der Waals surface area contributed by atoms with Gasteiger partial charge in [-0.1, -0.05) is 17.7 Å². The summed E-state index contributed by atoms with van der Waals surface area (Å²) in [6, 6.07) is 2.75. The quantitative estimate of drug-likeness (QED) is 0.388. The van der Waals surface area contributed by atoms with E-state index in [1.165, 1.54) is 41.0 Å². The van der Waals surface area contributed by atoms with Crippen molar-refractivity contribution >= 4 is 50.7 Å². The summed E-state index contributed by atoms with van der Waals surface area (Å²) >= 11 is 7.81. The van der Waals surface area contributed by atoms with Crippen LogP contribution in [0.25, 0.3) is 0 Å². The maximum atomic E-state index is 13.9. The lowest BCUT2D eigenvalue weighted by Crippen LogP contribution is -2.44. The number of aliphatic imine (C=N–C) groups is 1. The molecule has 1 aromatic carbocycles. The van der Waals surface area contributed by atoms with Crippen LogP contribution >= 0.6 is 22.9 Å². The van der Waals surface area contributed by atoms with Crippen LogP contribution in [0, 0.1) is 11.7 Å². The molecule has 1 saturated carbocycles. The highest BCUT2D eigenvalue weighted by atomic mass is 35.5. The number of benzene rings is 1. The molecule has 0 radical (unpaired) electrons. The Labute approximate surface area is 247 Å². The maximum Gasteiger partial charge on any atom is 0.338 e. The van der Waals surface area contributed by atoms with Gasteiger partial charge in [-0.15, -0.1) is 11.3 Å². The fourth-order valence-corrected chi connectivity index (χ4v) is 7.36. The first-order valence-corrected chi connectivity index (χ1v) is 16.3. The smallest absolute Gasteiger partial charge is 0.338 e. The lowest BCUT2D eigenvalue weighted by atomic mass is 9.80. The molecule has 1 N–H and O–H groups in total. The van der Waals surface area contributed by atoms with Gasteiger partial charge in [0, 0.05) is 40.4 Å². The minimum Gasteiger partial charge on any atom is -0.466 e. The summed E-state index contributed by atoms with van der Waals surface area (Å²) in [6.45, 7) is 1.96. The molecule has 0 saturated heterocycles. The number of halogens is 2. The molecule has 0 amide bonds. The number of aromatic nitrogens is 1. The molecule has 1 fully saturated rings. The normalized spacial score (nSPS) is 21.3. The van der Waals surface area contributed by atoms with Gasteiger partial charge in [0.25, 0.3) is 0 Å². The number of ether oxygens (including phenoxy) is 2. The van der Waals surface area contributed by atoms with Crippen molar-refractivity contribution in [3.05, 3.63) is 62.5 Å². The van der Waals surface area contributed by atoms with Gasteiger partial charge in [-0.3, -0.25) is 9.79 Å². The number of thiazole rings is 1. The Morgan fingerprint density at radius 3 is 2.56 bits per heavy atom. The molecule has 2 heterocycles. The summed E-state index contributed by atoms with van der Waals surface area (Å²) in [4.78, 5) is 34.3.